The summed E-state index contributed by atoms with van der Waals surface area (Å²) < 4.78 is 39.0. The van der Waals surface area contributed by atoms with Gasteiger partial charge in [0.05, 0.1) is 10.2 Å². The van der Waals surface area contributed by atoms with E-state index in [1.54, 1.807) is 95.2 Å². The van der Waals surface area contributed by atoms with Crippen molar-refractivity contribution in [2.75, 3.05) is 62.5 Å². The smallest absolute Gasteiger partial charge is 0.377 e. The van der Waals surface area contributed by atoms with E-state index in [-0.39, 0.29) is 0 Å². The number of thioether (sulfide) groups is 1. The summed E-state index contributed by atoms with van der Waals surface area (Å²) in [4.78, 5) is 4.95. The number of aryl methyl sites for hydroxylation is 1. The fourth-order valence-electron chi connectivity index (χ4n) is 3.59. The van der Waals surface area contributed by atoms with E-state index in [1.807, 2.05) is 11.8 Å². The molecule has 0 N–H and O–H groups in total. The van der Waals surface area contributed by atoms with Gasteiger partial charge in [-0.1, -0.05) is 12.1 Å². The first kappa shape index (κ1) is 34.9. The number of thiazole rings is 1. The minimum atomic E-state index is -2.55. The average molecular weight is 676 g/mol. The number of hydrogen-bond acceptors (Lipinski definition) is 13. The zero-order chi connectivity index (χ0) is 28.0. The van der Waals surface area contributed by atoms with Gasteiger partial charge in [0.25, 0.3) is 4.38 Å². The van der Waals surface area contributed by atoms with Crippen LogP contribution < -0.4 is 0 Å². The van der Waals surface area contributed by atoms with E-state index >= 15 is 0 Å². The van der Waals surface area contributed by atoms with Gasteiger partial charge in [-0.15, -0.1) is 11.3 Å². The van der Waals surface area contributed by atoms with Gasteiger partial charge < -0.3 is 26.6 Å². The van der Waals surface area contributed by atoms with Gasteiger partial charge in [-0.3, -0.25) is 0 Å². The van der Waals surface area contributed by atoms with Crippen molar-refractivity contribution in [3.05, 3.63) is 23.8 Å². The Hall–Kier alpha value is 0.724. The molecule has 0 aliphatic heterocycles. The molecule has 0 spiro atoms. The predicted octanol–water partition coefficient (Wildman–Crippen LogP) is 6.77. The molecule has 16 heteroatoms. The van der Waals surface area contributed by atoms with E-state index in [0.717, 1.165) is 47.0 Å². The van der Waals surface area contributed by atoms with Crippen molar-refractivity contribution in [1.29, 1.82) is 0 Å². The van der Waals surface area contributed by atoms with Gasteiger partial charge in [0.15, 0.2) is 4.34 Å². The van der Waals surface area contributed by atoms with Crippen LogP contribution in [0.1, 0.15) is 18.4 Å². The predicted molar refractivity (Wildman–Crippen MR) is 174 cm³/mol. The normalized spacial score (nSPS) is 12.4. The lowest BCUT2D eigenvalue weighted by Crippen LogP contribution is -2.42. The Balaban J connectivity index is 1.84. The van der Waals surface area contributed by atoms with E-state index in [0.29, 0.717) is 0 Å². The Bertz CT molecular complexity index is 989. The molecule has 2 rings (SSSR count). The lowest BCUT2D eigenvalue weighted by molar-refractivity contribution is -0.458. The molecule has 0 bridgehead atoms. The van der Waals surface area contributed by atoms with Crippen LogP contribution in [0.3, 0.4) is 0 Å². The quantitative estimate of drug-likeness (QED) is 0.0418. The second-order valence-electron chi connectivity index (χ2n) is 8.10. The summed E-state index contributed by atoms with van der Waals surface area (Å²) in [5.74, 6) is 0.979. The first-order chi connectivity index (χ1) is 18.3. The van der Waals surface area contributed by atoms with Gasteiger partial charge >= 0.3 is 17.6 Å². The number of nitrogens with zero attached hydrogens (tertiary/aromatic N) is 2. The van der Waals surface area contributed by atoms with Crippen LogP contribution in [0.2, 0.25) is 12.1 Å². The molecule has 0 fully saturated rings. The Morgan fingerprint density at radius 2 is 1.47 bits per heavy atom. The minimum absolute atomic E-state index is 0.777. The molecule has 0 saturated heterocycles. The highest BCUT2D eigenvalue weighted by Crippen LogP contribution is 2.49. The van der Waals surface area contributed by atoms with Crippen molar-refractivity contribution in [2.24, 2.45) is 0 Å². The maximum Gasteiger partial charge on any atom is 0.500 e. The lowest BCUT2D eigenvalue weighted by atomic mass is 10.1. The van der Waals surface area contributed by atoms with Crippen molar-refractivity contribution >= 4 is 96.5 Å². The van der Waals surface area contributed by atoms with Gasteiger partial charge in [-0.05, 0) is 73.1 Å². The summed E-state index contributed by atoms with van der Waals surface area (Å²) in [5.41, 5.74) is 2.35. The number of para-hydroxylation sites is 1. The molecule has 1 aromatic carbocycles. The monoisotopic (exact) mass is 675 g/mol. The number of benzene rings is 1. The van der Waals surface area contributed by atoms with E-state index in [4.69, 9.17) is 31.5 Å². The van der Waals surface area contributed by atoms with Crippen LogP contribution >= 0.6 is 64.3 Å². The molecule has 0 atom stereocenters. The standard InChI is InChI=1S/C22H39N2O6S6Si2/c1-24(2)22(31-15-11-17-38(28-6,29-7)30-8)34-36-35-33-21-23-20-18(12-9-14-19(20)32-21)13-10-16-37(25-3,26-4)27-5/h9,12,14H,10-11,13,15-17H2,1-8H3/q+1. The molecule has 1 aromatic heterocycles. The molecule has 1 heterocycles. The maximum atomic E-state index is 5.56. The Morgan fingerprint density at radius 3 is 2.05 bits per heavy atom. The molecule has 0 saturated carbocycles. The van der Waals surface area contributed by atoms with Gasteiger partial charge in [-0.25, -0.2) is 9.56 Å². The molecular weight excluding hydrogens is 637 g/mol. The number of aromatic nitrogens is 1. The van der Waals surface area contributed by atoms with E-state index in [1.165, 1.54) is 14.6 Å². The third-order valence-electron chi connectivity index (χ3n) is 5.73. The van der Waals surface area contributed by atoms with Crippen LogP contribution in [0, 0.1) is 0 Å². The Labute approximate surface area is 253 Å². The third kappa shape index (κ3) is 10.5. The highest BCUT2D eigenvalue weighted by Gasteiger charge is 2.37. The van der Waals surface area contributed by atoms with Gasteiger partial charge in [-0.2, -0.15) is 0 Å². The fraction of sp³-hybridized carbons (Fsp3) is 0.636. The maximum absolute atomic E-state index is 5.56. The molecule has 0 unspecified atom stereocenters. The number of fused-ring (bicyclic) bond motifs is 1. The average Bonchev–Trinajstić information content (AvgIpc) is 3.36. The molecule has 0 amide bonds. The van der Waals surface area contributed by atoms with Gasteiger partial charge in [0.2, 0.25) is 0 Å². The molecule has 38 heavy (non-hydrogen) atoms. The third-order valence-corrected chi connectivity index (χ3v) is 20.7. The highest BCUT2D eigenvalue weighted by atomic mass is 33.7. The van der Waals surface area contributed by atoms with Crippen LogP contribution in [0.4, 0.5) is 0 Å². The fourth-order valence-corrected chi connectivity index (χ4v) is 16.4. The summed E-state index contributed by atoms with van der Waals surface area (Å²) in [5, 5.41) is 0. The van der Waals surface area contributed by atoms with Crippen molar-refractivity contribution in [1.82, 2.24) is 4.98 Å². The topological polar surface area (TPSA) is 71.3 Å². The van der Waals surface area contributed by atoms with Crippen LogP contribution in [0.15, 0.2) is 22.5 Å². The van der Waals surface area contributed by atoms with Crippen molar-refractivity contribution in [3.63, 3.8) is 0 Å². The van der Waals surface area contributed by atoms with E-state index < -0.39 is 17.6 Å². The zero-order valence-corrected chi connectivity index (χ0v) is 30.2. The molecule has 8 nitrogen and oxygen atoms in total. The first-order valence-electron chi connectivity index (χ1n) is 11.9. The lowest BCUT2D eigenvalue weighted by Gasteiger charge is -2.24. The minimum Gasteiger partial charge on any atom is -0.377 e. The summed E-state index contributed by atoms with van der Waals surface area (Å²) in [6.07, 6.45) is 2.81. The second kappa shape index (κ2) is 18.3. The number of rotatable bonds is 18. The van der Waals surface area contributed by atoms with Crippen molar-refractivity contribution in [3.8, 4) is 0 Å². The molecule has 0 radical (unpaired) electrons. The molecule has 0 aliphatic carbocycles. The SMILES string of the molecule is CO[Si](CCCSC(SSSSc1nc2c(CCC[Si](OC)(OC)OC)cccc2s1)=[N+](C)C)(OC)OC. The molecule has 2 aromatic rings. The molecule has 216 valence electrons. The highest BCUT2D eigenvalue weighted by molar-refractivity contribution is 9.28. The number of hydrogen-bond donors (Lipinski definition) is 0. The largest absolute Gasteiger partial charge is 0.500 e. The van der Waals surface area contributed by atoms with Crippen molar-refractivity contribution in [2.45, 2.75) is 35.7 Å². The molecule has 0 aliphatic rings. The van der Waals surface area contributed by atoms with Crippen molar-refractivity contribution < 1.29 is 31.1 Å². The summed E-state index contributed by atoms with van der Waals surface area (Å²) in [6, 6.07) is 8.01. The van der Waals surface area contributed by atoms with E-state index in [2.05, 4.69) is 36.9 Å². The first-order valence-corrected chi connectivity index (χ1v) is 22.3. The zero-order valence-electron chi connectivity index (χ0n) is 23.3. The Morgan fingerprint density at radius 1 is 0.868 bits per heavy atom. The summed E-state index contributed by atoms with van der Waals surface area (Å²) >= 11 is 3.59. The van der Waals surface area contributed by atoms with E-state index in [9.17, 15) is 0 Å². The van der Waals surface area contributed by atoms with Crippen LogP contribution in [-0.2, 0) is 33.0 Å². The summed E-state index contributed by atoms with van der Waals surface area (Å²) in [6.45, 7) is 0. The van der Waals surface area contributed by atoms with Crippen LogP contribution in [0.25, 0.3) is 10.2 Å². The van der Waals surface area contributed by atoms with Crippen LogP contribution in [-0.4, -0.2) is 94.1 Å². The van der Waals surface area contributed by atoms with Gasteiger partial charge in [0, 0.05) is 71.3 Å². The van der Waals surface area contributed by atoms with Gasteiger partial charge in [0.1, 0.15) is 14.1 Å². The van der Waals surface area contributed by atoms with Crippen LogP contribution in [0.5, 0.6) is 0 Å². The Kier molecular flexibility index (Phi) is 16.8. The second-order valence-corrected chi connectivity index (χ2v) is 22.6. The molecular formula is C22H39N2O6S6Si2+. The summed E-state index contributed by atoms with van der Waals surface area (Å²) in [7, 11) is 16.1.